The van der Waals surface area contributed by atoms with E-state index >= 15 is 0 Å². The highest BCUT2D eigenvalue weighted by molar-refractivity contribution is 6.15. The minimum Gasteiger partial charge on any atom is -0.493 e. The van der Waals surface area contributed by atoms with Crippen LogP contribution in [-0.4, -0.2) is 32.9 Å². The fourth-order valence-electron chi connectivity index (χ4n) is 4.01. The molecule has 28 heavy (non-hydrogen) atoms. The molecule has 5 rings (SSSR count). The Labute approximate surface area is 162 Å². The SMILES string of the molecule is COc1ccc(/C=C2\Oc3c(ccc4c3CC3CCOC3O4)C2=O)cc1OC. The van der Waals surface area contributed by atoms with Gasteiger partial charge in [-0.25, -0.2) is 0 Å². The maximum Gasteiger partial charge on any atom is 0.231 e. The molecule has 1 fully saturated rings. The number of carbonyl (C=O) groups excluding carboxylic acids is 1. The van der Waals surface area contributed by atoms with Gasteiger partial charge >= 0.3 is 0 Å². The molecule has 2 unspecified atom stereocenters. The van der Waals surface area contributed by atoms with Crippen molar-refractivity contribution in [1.29, 1.82) is 0 Å². The first-order valence-electron chi connectivity index (χ1n) is 9.28. The fraction of sp³-hybridized carbons (Fsp3) is 0.318. The lowest BCUT2D eigenvalue weighted by Crippen LogP contribution is -2.29. The molecule has 6 heteroatoms. The summed E-state index contributed by atoms with van der Waals surface area (Å²) in [5.74, 6) is 3.04. The van der Waals surface area contributed by atoms with Crippen molar-refractivity contribution in [2.45, 2.75) is 19.1 Å². The van der Waals surface area contributed by atoms with E-state index < -0.39 is 0 Å². The predicted octanol–water partition coefficient (Wildman–Crippen LogP) is 3.62. The molecule has 0 bridgehead atoms. The van der Waals surface area contributed by atoms with Crippen LogP contribution >= 0.6 is 0 Å². The average molecular weight is 380 g/mol. The Morgan fingerprint density at radius 1 is 1.11 bits per heavy atom. The summed E-state index contributed by atoms with van der Waals surface area (Å²) in [5, 5.41) is 0. The first-order chi connectivity index (χ1) is 13.7. The molecule has 2 aromatic rings. The number of ether oxygens (including phenoxy) is 5. The highest BCUT2D eigenvalue weighted by atomic mass is 16.7. The molecule has 2 aromatic carbocycles. The van der Waals surface area contributed by atoms with Crippen molar-refractivity contribution in [2.75, 3.05) is 20.8 Å². The second-order valence-corrected chi connectivity index (χ2v) is 7.08. The van der Waals surface area contributed by atoms with E-state index in [0.29, 0.717) is 41.1 Å². The van der Waals surface area contributed by atoms with Crippen LogP contribution in [0.3, 0.4) is 0 Å². The topological polar surface area (TPSA) is 63.2 Å². The quantitative estimate of drug-likeness (QED) is 0.758. The minimum atomic E-state index is -0.190. The third-order valence-electron chi connectivity index (χ3n) is 5.47. The third kappa shape index (κ3) is 2.64. The standard InChI is InChI=1S/C22H20O6/c1-24-17-5-3-12(9-18(17)25-2)10-19-20(23)14-4-6-16-15(21(14)27-19)11-13-7-8-26-22(13)28-16/h3-6,9-10,13,22H,7-8,11H2,1-2H3/b19-10-. The zero-order chi connectivity index (χ0) is 19.3. The van der Waals surface area contributed by atoms with Crippen LogP contribution in [0, 0.1) is 5.92 Å². The number of hydrogen-bond donors (Lipinski definition) is 0. The van der Waals surface area contributed by atoms with Gasteiger partial charge in [0.2, 0.25) is 12.1 Å². The smallest absolute Gasteiger partial charge is 0.231 e. The van der Waals surface area contributed by atoms with Crippen LogP contribution < -0.4 is 18.9 Å². The Kier molecular flexibility index (Phi) is 4.02. The molecule has 0 saturated carbocycles. The number of rotatable bonds is 3. The summed E-state index contributed by atoms with van der Waals surface area (Å²) in [7, 11) is 3.16. The zero-order valence-corrected chi connectivity index (χ0v) is 15.7. The van der Waals surface area contributed by atoms with Crippen molar-refractivity contribution in [3.05, 3.63) is 52.8 Å². The fourth-order valence-corrected chi connectivity index (χ4v) is 4.01. The summed E-state index contributed by atoms with van der Waals surface area (Å²) in [6.45, 7) is 0.704. The van der Waals surface area contributed by atoms with Crippen LogP contribution in [0.1, 0.15) is 27.9 Å². The molecule has 144 valence electrons. The molecule has 3 aliphatic heterocycles. The van der Waals surface area contributed by atoms with E-state index in [4.69, 9.17) is 23.7 Å². The number of hydrogen-bond acceptors (Lipinski definition) is 6. The molecule has 1 saturated heterocycles. The molecule has 0 aliphatic carbocycles. The normalized spacial score (nSPS) is 23.5. The van der Waals surface area contributed by atoms with Gasteiger partial charge in [0.05, 0.1) is 26.4 Å². The van der Waals surface area contributed by atoms with Gasteiger partial charge in [0.25, 0.3) is 0 Å². The van der Waals surface area contributed by atoms with E-state index in [-0.39, 0.29) is 12.1 Å². The number of carbonyl (C=O) groups is 1. The summed E-state index contributed by atoms with van der Waals surface area (Å²) in [6.07, 6.45) is 3.28. The van der Waals surface area contributed by atoms with Gasteiger partial charge in [0.1, 0.15) is 11.5 Å². The summed E-state index contributed by atoms with van der Waals surface area (Å²) < 4.78 is 28.2. The highest BCUT2D eigenvalue weighted by Crippen LogP contribution is 2.46. The molecular weight excluding hydrogens is 360 g/mol. The second kappa shape index (κ2) is 6.56. The van der Waals surface area contributed by atoms with Gasteiger partial charge < -0.3 is 23.7 Å². The minimum absolute atomic E-state index is 0.127. The van der Waals surface area contributed by atoms with Gasteiger partial charge in [0.15, 0.2) is 17.3 Å². The maximum atomic E-state index is 12.9. The second-order valence-electron chi connectivity index (χ2n) is 7.08. The molecule has 0 aromatic heterocycles. The van der Waals surface area contributed by atoms with Crippen molar-refractivity contribution in [3.63, 3.8) is 0 Å². The van der Waals surface area contributed by atoms with Crippen LogP contribution in [0.5, 0.6) is 23.0 Å². The molecule has 3 heterocycles. The Hall–Kier alpha value is -2.99. The van der Waals surface area contributed by atoms with Gasteiger partial charge in [-0.3, -0.25) is 4.79 Å². The molecule has 0 radical (unpaired) electrons. The number of ketones is 1. The summed E-state index contributed by atoms with van der Waals surface area (Å²) in [4.78, 5) is 12.9. The van der Waals surface area contributed by atoms with Gasteiger partial charge in [-0.05, 0) is 48.7 Å². The van der Waals surface area contributed by atoms with Gasteiger partial charge in [-0.15, -0.1) is 0 Å². The van der Waals surface area contributed by atoms with Crippen molar-refractivity contribution < 1.29 is 28.5 Å². The highest BCUT2D eigenvalue weighted by Gasteiger charge is 2.40. The summed E-state index contributed by atoms with van der Waals surface area (Å²) >= 11 is 0. The lowest BCUT2D eigenvalue weighted by molar-refractivity contribution is -0.0700. The van der Waals surface area contributed by atoms with Crippen molar-refractivity contribution >= 4 is 11.9 Å². The lowest BCUT2D eigenvalue weighted by Gasteiger charge is -2.28. The largest absolute Gasteiger partial charge is 0.493 e. The number of allylic oxidation sites excluding steroid dienone is 1. The molecule has 0 amide bonds. The Bertz CT molecular complexity index is 993. The molecule has 3 aliphatic rings. The molecule has 2 atom stereocenters. The van der Waals surface area contributed by atoms with Crippen LogP contribution in [0.4, 0.5) is 0 Å². The molecule has 0 N–H and O–H groups in total. The molecule has 6 nitrogen and oxygen atoms in total. The Morgan fingerprint density at radius 2 is 1.96 bits per heavy atom. The Balaban J connectivity index is 1.49. The van der Waals surface area contributed by atoms with Crippen molar-refractivity contribution in [2.24, 2.45) is 5.92 Å². The van der Waals surface area contributed by atoms with Crippen molar-refractivity contribution in [1.82, 2.24) is 0 Å². The number of methoxy groups -OCH3 is 2. The van der Waals surface area contributed by atoms with Gasteiger partial charge in [0, 0.05) is 11.5 Å². The van der Waals surface area contributed by atoms with Gasteiger partial charge in [-0.1, -0.05) is 6.07 Å². The van der Waals surface area contributed by atoms with Crippen molar-refractivity contribution in [3.8, 4) is 23.0 Å². The average Bonchev–Trinajstić information content (AvgIpc) is 3.30. The maximum absolute atomic E-state index is 12.9. The first-order valence-corrected chi connectivity index (χ1v) is 9.28. The summed E-state index contributed by atoms with van der Waals surface area (Å²) in [5.41, 5.74) is 2.32. The predicted molar refractivity (Wildman–Crippen MR) is 101 cm³/mol. The monoisotopic (exact) mass is 380 g/mol. The zero-order valence-electron chi connectivity index (χ0n) is 15.7. The van der Waals surface area contributed by atoms with E-state index in [1.54, 1.807) is 32.4 Å². The van der Waals surface area contributed by atoms with E-state index in [9.17, 15) is 4.79 Å². The van der Waals surface area contributed by atoms with E-state index in [1.165, 1.54) is 0 Å². The molecular formula is C22H20O6. The Morgan fingerprint density at radius 3 is 2.79 bits per heavy atom. The summed E-state index contributed by atoms with van der Waals surface area (Å²) in [6, 6.07) is 9.07. The van der Waals surface area contributed by atoms with E-state index in [1.807, 2.05) is 18.2 Å². The third-order valence-corrected chi connectivity index (χ3v) is 5.47. The van der Waals surface area contributed by atoms with Crippen LogP contribution in [0.15, 0.2) is 36.1 Å². The van der Waals surface area contributed by atoms with E-state index in [2.05, 4.69) is 0 Å². The van der Waals surface area contributed by atoms with E-state index in [0.717, 1.165) is 29.7 Å². The first kappa shape index (κ1) is 17.1. The number of fused-ring (bicyclic) bond motifs is 4. The number of benzene rings is 2. The van der Waals surface area contributed by atoms with Gasteiger partial charge in [-0.2, -0.15) is 0 Å². The van der Waals surface area contributed by atoms with Crippen LogP contribution in [0.2, 0.25) is 0 Å². The number of Topliss-reactive ketones (excluding diaryl/α,β-unsaturated/α-hetero) is 1. The lowest BCUT2D eigenvalue weighted by atomic mass is 9.92. The van der Waals surface area contributed by atoms with Crippen LogP contribution in [-0.2, 0) is 11.2 Å². The van der Waals surface area contributed by atoms with Crippen LogP contribution in [0.25, 0.3) is 6.08 Å². The molecule has 0 spiro atoms.